The number of rotatable bonds is 3. The van der Waals surface area contributed by atoms with E-state index in [1.807, 2.05) is 63.2 Å². The van der Waals surface area contributed by atoms with Gasteiger partial charge in [0.1, 0.15) is 11.4 Å². The van der Waals surface area contributed by atoms with Crippen molar-refractivity contribution in [2.75, 3.05) is 19.3 Å². The Morgan fingerprint density at radius 1 is 1.06 bits per heavy atom. The van der Waals surface area contributed by atoms with Crippen LogP contribution in [0.4, 0.5) is 4.79 Å². The first kappa shape index (κ1) is 24.3. The topological polar surface area (TPSA) is 90.0 Å². The Balaban J connectivity index is 1.46. The number of hydrogen-bond acceptors (Lipinski definition) is 6. The number of ketones is 1. The number of fused-ring (bicyclic) bond motifs is 1. The second-order valence-electron chi connectivity index (χ2n) is 10.3. The van der Waals surface area contributed by atoms with Crippen LogP contribution in [-0.2, 0) is 31.5 Å². The van der Waals surface area contributed by atoms with Crippen LogP contribution in [0.3, 0.4) is 0 Å². The molecule has 2 aromatic carbocycles. The quantitative estimate of drug-likeness (QED) is 0.648. The summed E-state index contributed by atoms with van der Waals surface area (Å²) in [5.74, 6) is 0.736. The molecule has 1 spiro atoms. The van der Waals surface area contributed by atoms with Crippen molar-refractivity contribution in [3.63, 3.8) is 0 Å². The Hall–Kier alpha value is -2.87. The summed E-state index contributed by atoms with van der Waals surface area (Å²) in [5.41, 5.74) is 1.99. The van der Waals surface area contributed by atoms with E-state index in [1.165, 1.54) is 6.26 Å². The minimum absolute atomic E-state index is 0.00719. The zero-order valence-corrected chi connectivity index (χ0v) is 20.9. The third-order valence-corrected chi connectivity index (χ3v) is 7.02. The van der Waals surface area contributed by atoms with Crippen LogP contribution in [-0.4, -0.2) is 55.7 Å². The van der Waals surface area contributed by atoms with E-state index < -0.39 is 21.0 Å². The fourth-order valence-electron chi connectivity index (χ4n) is 4.45. The molecule has 0 N–H and O–H groups in total. The summed E-state index contributed by atoms with van der Waals surface area (Å²) in [7, 11) is -3.09. The highest BCUT2D eigenvalue weighted by molar-refractivity contribution is 7.89. The van der Waals surface area contributed by atoms with E-state index in [4.69, 9.17) is 9.47 Å². The monoisotopic (exact) mass is 485 g/mol. The molecule has 8 heteroatoms. The average Bonchev–Trinajstić information content (AvgIpc) is 2.73. The first-order valence-electron chi connectivity index (χ1n) is 11.4. The lowest BCUT2D eigenvalue weighted by Gasteiger charge is -2.43. The zero-order valence-electron chi connectivity index (χ0n) is 20.1. The SMILES string of the molecule is CC(C)(C)OC(=O)N1CCC2(CC1)Oc1ccc(-c3ccc(CS(C)(=O)=O)cc3)cc1CC2=O. The predicted octanol–water partition coefficient (Wildman–Crippen LogP) is 4.17. The molecule has 0 aromatic heterocycles. The third-order valence-electron chi connectivity index (χ3n) is 6.16. The average molecular weight is 486 g/mol. The molecule has 2 heterocycles. The van der Waals surface area contributed by atoms with Gasteiger partial charge in [-0.15, -0.1) is 0 Å². The van der Waals surface area contributed by atoms with Crippen LogP contribution >= 0.6 is 0 Å². The van der Waals surface area contributed by atoms with Gasteiger partial charge in [0.15, 0.2) is 21.2 Å². The number of sulfone groups is 1. The molecule has 1 saturated heterocycles. The number of amides is 1. The van der Waals surface area contributed by atoms with Gasteiger partial charge >= 0.3 is 6.09 Å². The van der Waals surface area contributed by atoms with Gasteiger partial charge in [0.25, 0.3) is 0 Å². The summed E-state index contributed by atoms with van der Waals surface area (Å²) in [6.07, 6.45) is 2.01. The van der Waals surface area contributed by atoms with Crippen molar-refractivity contribution >= 4 is 21.7 Å². The molecular weight excluding hydrogens is 454 g/mol. The van der Waals surface area contributed by atoms with Crippen molar-refractivity contribution in [3.8, 4) is 16.9 Å². The van der Waals surface area contributed by atoms with E-state index in [2.05, 4.69) is 0 Å². The van der Waals surface area contributed by atoms with Crippen molar-refractivity contribution in [2.45, 2.75) is 57.0 Å². The molecule has 182 valence electrons. The molecule has 4 rings (SSSR count). The van der Waals surface area contributed by atoms with Crippen molar-refractivity contribution in [1.29, 1.82) is 0 Å². The van der Waals surface area contributed by atoms with E-state index in [-0.39, 0.29) is 24.1 Å². The van der Waals surface area contributed by atoms with Crippen LogP contribution in [0.25, 0.3) is 11.1 Å². The normalized spacial score (nSPS) is 17.8. The van der Waals surface area contributed by atoms with Crippen LogP contribution in [0.2, 0.25) is 0 Å². The molecule has 0 saturated carbocycles. The highest BCUT2D eigenvalue weighted by atomic mass is 32.2. The van der Waals surface area contributed by atoms with Crippen LogP contribution < -0.4 is 4.74 Å². The fraction of sp³-hybridized carbons (Fsp3) is 0.462. The number of Topliss-reactive ketones (excluding diaryl/α,β-unsaturated/α-hetero) is 1. The second-order valence-corrected chi connectivity index (χ2v) is 12.4. The number of benzene rings is 2. The third kappa shape index (κ3) is 5.43. The molecule has 2 aromatic rings. The Labute approximate surface area is 201 Å². The van der Waals surface area contributed by atoms with Crippen LogP contribution in [0.15, 0.2) is 42.5 Å². The van der Waals surface area contributed by atoms with Crippen molar-refractivity contribution in [3.05, 3.63) is 53.6 Å². The number of ether oxygens (including phenoxy) is 2. The molecule has 2 aliphatic heterocycles. The molecule has 34 heavy (non-hydrogen) atoms. The number of hydrogen-bond donors (Lipinski definition) is 0. The lowest BCUT2D eigenvalue weighted by molar-refractivity contribution is -0.140. The summed E-state index contributed by atoms with van der Waals surface area (Å²) in [4.78, 5) is 27.2. The number of likely N-dealkylation sites (tertiary alicyclic amines) is 1. The number of piperidine rings is 1. The zero-order chi connectivity index (χ0) is 24.7. The highest BCUT2D eigenvalue weighted by Gasteiger charge is 2.47. The standard InChI is InChI=1S/C26H31NO6S/c1-25(2,3)33-24(29)27-13-11-26(12-14-27)23(28)16-21-15-20(9-10-22(21)32-26)19-7-5-18(6-8-19)17-34(4,30)31/h5-10,15H,11-14,16-17H2,1-4H3. The van der Waals surface area contributed by atoms with Gasteiger partial charge in [0.2, 0.25) is 0 Å². The van der Waals surface area contributed by atoms with Crippen molar-refractivity contribution in [1.82, 2.24) is 4.90 Å². The predicted molar refractivity (Wildman–Crippen MR) is 130 cm³/mol. The van der Waals surface area contributed by atoms with Gasteiger partial charge in [0.05, 0.1) is 5.75 Å². The Morgan fingerprint density at radius 3 is 2.26 bits per heavy atom. The van der Waals surface area contributed by atoms with Crippen molar-refractivity contribution < 1.29 is 27.5 Å². The van der Waals surface area contributed by atoms with Gasteiger partial charge in [-0.2, -0.15) is 0 Å². The van der Waals surface area contributed by atoms with Crippen molar-refractivity contribution in [2.24, 2.45) is 0 Å². The van der Waals surface area contributed by atoms with Gasteiger partial charge in [-0.25, -0.2) is 13.2 Å². The van der Waals surface area contributed by atoms with Crippen LogP contribution in [0, 0.1) is 0 Å². The molecule has 0 bridgehead atoms. The van der Waals surface area contributed by atoms with Gasteiger partial charge in [-0.05, 0) is 49.6 Å². The van der Waals surface area contributed by atoms with Crippen LogP contribution in [0.5, 0.6) is 5.75 Å². The van der Waals surface area contributed by atoms with Crippen LogP contribution in [0.1, 0.15) is 44.7 Å². The molecule has 0 radical (unpaired) electrons. The molecule has 1 amide bonds. The number of carbonyl (C=O) groups is 2. The highest BCUT2D eigenvalue weighted by Crippen LogP contribution is 2.39. The Morgan fingerprint density at radius 2 is 1.68 bits per heavy atom. The molecular formula is C26H31NO6S. The molecule has 7 nitrogen and oxygen atoms in total. The van der Waals surface area contributed by atoms with E-state index in [0.717, 1.165) is 22.3 Å². The molecule has 0 unspecified atom stereocenters. The second kappa shape index (κ2) is 8.73. The first-order valence-corrected chi connectivity index (χ1v) is 13.5. The Bertz CT molecular complexity index is 1200. The first-order chi connectivity index (χ1) is 15.8. The smallest absolute Gasteiger partial charge is 0.410 e. The summed E-state index contributed by atoms with van der Waals surface area (Å²) < 4.78 is 34.7. The minimum Gasteiger partial charge on any atom is -0.479 e. The van der Waals surface area contributed by atoms with E-state index in [9.17, 15) is 18.0 Å². The lowest BCUT2D eigenvalue weighted by atomic mass is 9.81. The molecule has 0 aliphatic carbocycles. The lowest BCUT2D eigenvalue weighted by Crippen LogP contribution is -2.56. The molecule has 1 fully saturated rings. The maximum Gasteiger partial charge on any atom is 0.410 e. The fourth-order valence-corrected chi connectivity index (χ4v) is 5.25. The summed E-state index contributed by atoms with van der Waals surface area (Å²) in [6.45, 7) is 6.32. The van der Waals surface area contributed by atoms with Gasteiger partial charge in [0, 0.05) is 44.2 Å². The largest absolute Gasteiger partial charge is 0.479 e. The maximum atomic E-state index is 13.1. The maximum absolute atomic E-state index is 13.1. The summed E-state index contributed by atoms with van der Waals surface area (Å²) in [5, 5.41) is 0. The van der Waals surface area contributed by atoms with E-state index in [1.54, 1.807) is 4.90 Å². The molecule has 2 aliphatic rings. The molecule has 0 atom stereocenters. The van der Waals surface area contributed by atoms with Gasteiger partial charge in [-0.1, -0.05) is 30.3 Å². The Kier molecular flexibility index (Phi) is 6.23. The van der Waals surface area contributed by atoms with Gasteiger partial charge in [-0.3, -0.25) is 4.79 Å². The number of nitrogens with zero attached hydrogens (tertiary/aromatic N) is 1. The van der Waals surface area contributed by atoms with Gasteiger partial charge < -0.3 is 14.4 Å². The number of carbonyl (C=O) groups excluding carboxylic acids is 2. The summed E-state index contributed by atoms with van der Waals surface area (Å²) in [6, 6.07) is 13.2. The minimum atomic E-state index is -3.09. The van der Waals surface area contributed by atoms with E-state index in [0.29, 0.717) is 31.7 Å². The summed E-state index contributed by atoms with van der Waals surface area (Å²) >= 11 is 0. The van der Waals surface area contributed by atoms with E-state index >= 15 is 0 Å².